The number of hydrogen-bond acceptors (Lipinski definition) is 2. The molecular weight excluding hydrogens is 224 g/mol. The molecule has 2 fully saturated rings. The second kappa shape index (κ2) is 6.38. The topological polar surface area (TPSA) is 29.5 Å². The first-order chi connectivity index (χ1) is 8.57. The molecule has 2 nitrogen and oxygen atoms in total. The molecule has 0 amide bonds. The highest BCUT2D eigenvalue weighted by atomic mass is 16.5. The molecule has 1 N–H and O–H groups in total. The van der Waals surface area contributed by atoms with Crippen molar-refractivity contribution in [2.45, 2.75) is 83.8 Å². The Balaban J connectivity index is 1.65. The molecule has 0 aliphatic heterocycles. The van der Waals surface area contributed by atoms with E-state index in [1.54, 1.807) is 0 Å². The standard InChI is InChI=1S/C16H30O2/c1-16(2)10-8-14(9-11-16)18-12-15(17)13-6-4-3-5-7-13/h13-15,17H,3-12H2,1-2H3. The largest absolute Gasteiger partial charge is 0.390 e. The molecule has 1 atom stereocenters. The van der Waals surface area contributed by atoms with E-state index in [1.807, 2.05) is 0 Å². The first-order valence-electron chi connectivity index (χ1n) is 7.86. The van der Waals surface area contributed by atoms with Gasteiger partial charge in [-0.15, -0.1) is 0 Å². The third-order valence-electron chi connectivity index (χ3n) is 4.98. The van der Waals surface area contributed by atoms with E-state index in [4.69, 9.17) is 4.74 Å². The quantitative estimate of drug-likeness (QED) is 0.824. The lowest BCUT2D eigenvalue weighted by molar-refractivity contribution is -0.0575. The van der Waals surface area contributed by atoms with Crippen molar-refractivity contribution in [1.29, 1.82) is 0 Å². The normalized spacial score (nSPS) is 28.2. The summed E-state index contributed by atoms with van der Waals surface area (Å²) in [6.45, 7) is 5.26. The summed E-state index contributed by atoms with van der Waals surface area (Å²) >= 11 is 0. The average molecular weight is 254 g/mol. The van der Waals surface area contributed by atoms with Gasteiger partial charge < -0.3 is 9.84 Å². The van der Waals surface area contributed by atoms with Crippen molar-refractivity contribution in [1.82, 2.24) is 0 Å². The van der Waals surface area contributed by atoms with E-state index in [2.05, 4.69) is 13.8 Å². The number of hydrogen-bond donors (Lipinski definition) is 1. The number of ether oxygens (including phenoxy) is 1. The lowest BCUT2D eigenvalue weighted by Gasteiger charge is -2.35. The van der Waals surface area contributed by atoms with Gasteiger partial charge in [0.25, 0.3) is 0 Å². The number of aliphatic hydroxyl groups is 1. The Hall–Kier alpha value is -0.0800. The molecule has 0 aromatic carbocycles. The zero-order valence-corrected chi connectivity index (χ0v) is 12.2. The maximum absolute atomic E-state index is 10.2. The summed E-state index contributed by atoms with van der Waals surface area (Å²) in [6, 6.07) is 0. The van der Waals surface area contributed by atoms with Gasteiger partial charge in [0.15, 0.2) is 0 Å². The molecule has 2 heteroatoms. The Kier molecular flexibility index (Phi) is 5.08. The highest BCUT2D eigenvalue weighted by molar-refractivity contribution is 4.80. The smallest absolute Gasteiger partial charge is 0.0801 e. The van der Waals surface area contributed by atoms with Crippen molar-refractivity contribution >= 4 is 0 Å². The molecule has 1 unspecified atom stereocenters. The summed E-state index contributed by atoms with van der Waals surface area (Å²) in [5.74, 6) is 0.499. The second-order valence-electron chi connectivity index (χ2n) is 7.16. The van der Waals surface area contributed by atoms with Gasteiger partial charge >= 0.3 is 0 Å². The van der Waals surface area contributed by atoms with E-state index < -0.39 is 0 Å². The lowest BCUT2D eigenvalue weighted by atomic mass is 9.76. The van der Waals surface area contributed by atoms with Gasteiger partial charge in [0.1, 0.15) is 0 Å². The van der Waals surface area contributed by atoms with Crippen LogP contribution in [-0.4, -0.2) is 23.9 Å². The fourth-order valence-corrected chi connectivity index (χ4v) is 3.43. The lowest BCUT2D eigenvalue weighted by Crippen LogP contribution is -2.32. The van der Waals surface area contributed by atoms with Crippen molar-refractivity contribution in [3.8, 4) is 0 Å². The van der Waals surface area contributed by atoms with E-state index in [0.29, 0.717) is 24.0 Å². The molecule has 2 rings (SSSR count). The van der Waals surface area contributed by atoms with Crippen molar-refractivity contribution in [3.63, 3.8) is 0 Å². The van der Waals surface area contributed by atoms with Gasteiger partial charge in [-0.05, 0) is 49.9 Å². The Morgan fingerprint density at radius 1 is 1.06 bits per heavy atom. The molecule has 0 saturated heterocycles. The summed E-state index contributed by atoms with van der Waals surface area (Å²) in [6.07, 6.45) is 11.4. The Bertz CT molecular complexity index is 233. The molecule has 0 aromatic rings. The molecule has 0 heterocycles. The van der Waals surface area contributed by atoms with Crippen molar-refractivity contribution < 1.29 is 9.84 Å². The van der Waals surface area contributed by atoms with Crippen LogP contribution in [0, 0.1) is 11.3 Å². The van der Waals surface area contributed by atoms with Crippen molar-refractivity contribution in [2.24, 2.45) is 11.3 Å². The summed E-state index contributed by atoms with van der Waals surface area (Å²) in [5, 5.41) is 10.2. The fourth-order valence-electron chi connectivity index (χ4n) is 3.43. The van der Waals surface area contributed by atoms with E-state index in [9.17, 15) is 5.11 Å². The monoisotopic (exact) mass is 254 g/mol. The Morgan fingerprint density at radius 3 is 2.28 bits per heavy atom. The van der Waals surface area contributed by atoms with Gasteiger partial charge in [-0.2, -0.15) is 0 Å². The van der Waals surface area contributed by atoms with Crippen LogP contribution in [0.1, 0.15) is 71.6 Å². The van der Waals surface area contributed by atoms with Crippen LogP contribution < -0.4 is 0 Å². The van der Waals surface area contributed by atoms with Gasteiger partial charge in [-0.3, -0.25) is 0 Å². The van der Waals surface area contributed by atoms with Gasteiger partial charge in [0.2, 0.25) is 0 Å². The fraction of sp³-hybridized carbons (Fsp3) is 1.00. The number of rotatable bonds is 4. The maximum atomic E-state index is 10.2. The van der Waals surface area contributed by atoms with E-state index in [-0.39, 0.29) is 6.10 Å². The van der Waals surface area contributed by atoms with Crippen LogP contribution in [0.15, 0.2) is 0 Å². The van der Waals surface area contributed by atoms with Gasteiger partial charge in [-0.1, -0.05) is 33.1 Å². The second-order valence-corrected chi connectivity index (χ2v) is 7.16. The van der Waals surface area contributed by atoms with Crippen LogP contribution in [0.5, 0.6) is 0 Å². The Labute approximate surface area is 112 Å². The highest BCUT2D eigenvalue weighted by Gasteiger charge is 2.28. The molecule has 0 radical (unpaired) electrons. The molecule has 0 bridgehead atoms. The molecule has 18 heavy (non-hydrogen) atoms. The predicted octanol–water partition coefficient (Wildman–Crippen LogP) is 3.91. The van der Waals surface area contributed by atoms with Crippen LogP contribution in [-0.2, 0) is 4.74 Å². The van der Waals surface area contributed by atoms with E-state index >= 15 is 0 Å². The molecule has 2 saturated carbocycles. The first kappa shape index (κ1) is 14.3. The van der Waals surface area contributed by atoms with E-state index in [1.165, 1.54) is 57.8 Å². The SMILES string of the molecule is CC1(C)CCC(OCC(O)C2CCCCC2)CC1. The van der Waals surface area contributed by atoms with Gasteiger partial charge in [-0.25, -0.2) is 0 Å². The zero-order valence-electron chi connectivity index (χ0n) is 12.2. The minimum atomic E-state index is -0.222. The third-order valence-corrected chi connectivity index (χ3v) is 4.98. The summed E-state index contributed by atoms with van der Waals surface area (Å²) in [5.41, 5.74) is 0.502. The van der Waals surface area contributed by atoms with Crippen LogP contribution in [0.2, 0.25) is 0 Å². The van der Waals surface area contributed by atoms with E-state index in [0.717, 1.165) is 0 Å². The summed E-state index contributed by atoms with van der Waals surface area (Å²) in [4.78, 5) is 0. The minimum absolute atomic E-state index is 0.222. The highest BCUT2D eigenvalue weighted by Crippen LogP contribution is 2.36. The van der Waals surface area contributed by atoms with Crippen LogP contribution in [0.25, 0.3) is 0 Å². The molecule has 2 aliphatic rings. The predicted molar refractivity (Wildman–Crippen MR) is 74.6 cm³/mol. The van der Waals surface area contributed by atoms with Crippen LogP contribution >= 0.6 is 0 Å². The van der Waals surface area contributed by atoms with Crippen molar-refractivity contribution in [3.05, 3.63) is 0 Å². The molecule has 106 valence electrons. The van der Waals surface area contributed by atoms with Gasteiger partial charge in [0.05, 0.1) is 18.8 Å². The Morgan fingerprint density at radius 2 is 1.67 bits per heavy atom. The molecular formula is C16H30O2. The first-order valence-corrected chi connectivity index (χ1v) is 7.86. The number of aliphatic hydroxyl groups excluding tert-OH is 1. The maximum Gasteiger partial charge on any atom is 0.0801 e. The zero-order chi connectivity index (χ0) is 13.0. The van der Waals surface area contributed by atoms with Crippen LogP contribution in [0.4, 0.5) is 0 Å². The van der Waals surface area contributed by atoms with Gasteiger partial charge in [0, 0.05) is 0 Å². The molecule has 0 spiro atoms. The molecule has 0 aromatic heterocycles. The summed E-state index contributed by atoms with van der Waals surface area (Å²) in [7, 11) is 0. The third kappa shape index (κ3) is 4.24. The summed E-state index contributed by atoms with van der Waals surface area (Å²) < 4.78 is 5.94. The van der Waals surface area contributed by atoms with Crippen LogP contribution in [0.3, 0.4) is 0 Å². The molecule has 2 aliphatic carbocycles. The minimum Gasteiger partial charge on any atom is -0.390 e. The average Bonchev–Trinajstić information content (AvgIpc) is 2.38. The van der Waals surface area contributed by atoms with Crippen molar-refractivity contribution in [2.75, 3.05) is 6.61 Å².